The summed E-state index contributed by atoms with van der Waals surface area (Å²) in [6.45, 7) is 4.22. The first kappa shape index (κ1) is 28.2. The van der Waals surface area contributed by atoms with Gasteiger partial charge in [-0.15, -0.1) is 0 Å². The second-order valence-electron chi connectivity index (χ2n) is 6.91. The van der Waals surface area contributed by atoms with Crippen molar-refractivity contribution in [1.29, 1.82) is 5.41 Å². The molecule has 0 aromatic heterocycles. The largest absolute Gasteiger partial charge is 0.464 e. The Morgan fingerprint density at radius 2 is 1.19 bits per heavy atom. The highest BCUT2D eigenvalue weighted by Gasteiger charge is 2.24. The van der Waals surface area contributed by atoms with E-state index in [2.05, 4.69) is 67.7 Å². The van der Waals surface area contributed by atoms with Gasteiger partial charge in [0.15, 0.2) is 5.96 Å². The van der Waals surface area contributed by atoms with Crippen LogP contribution in [0.2, 0.25) is 0 Å². The quantitative estimate of drug-likeness (QED) is 0.140. The van der Waals surface area contributed by atoms with Gasteiger partial charge in [0.05, 0.1) is 6.61 Å². The van der Waals surface area contributed by atoms with Crippen molar-refractivity contribution in [2.24, 2.45) is 5.73 Å². The van der Waals surface area contributed by atoms with Gasteiger partial charge in [0.1, 0.15) is 6.04 Å². The average Bonchev–Trinajstić information content (AvgIpc) is 2.75. The molecular formula is C26H41N3O2. The molecule has 5 heteroatoms. The number of nitrogens with two attached hydrogens (primary N) is 1. The predicted octanol–water partition coefficient (Wildman–Crippen LogP) is 5.83. The first-order valence-electron chi connectivity index (χ1n) is 11.2. The molecular weight excluding hydrogens is 386 g/mol. The van der Waals surface area contributed by atoms with Crippen LogP contribution >= 0.6 is 0 Å². The molecule has 0 spiro atoms. The Bertz CT molecular complexity index is 658. The highest BCUT2D eigenvalue weighted by Crippen LogP contribution is 2.06. The molecule has 3 N–H and O–H groups in total. The minimum absolute atomic E-state index is 0.149. The minimum Gasteiger partial charge on any atom is -0.464 e. The van der Waals surface area contributed by atoms with E-state index in [0.717, 1.165) is 38.5 Å². The van der Waals surface area contributed by atoms with E-state index in [1.807, 2.05) is 12.2 Å². The number of likely N-dealkylation sites (N-methyl/N-ethyl adjacent to an activating group) is 1. The molecule has 0 saturated carbocycles. The number of guanidine groups is 1. The summed E-state index contributed by atoms with van der Waals surface area (Å²) in [7, 11) is 1.63. The zero-order valence-electron chi connectivity index (χ0n) is 19.5. The van der Waals surface area contributed by atoms with Crippen molar-refractivity contribution < 1.29 is 9.53 Å². The molecule has 0 aromatic rings. The van der Waals surface area contributed by atoms with Crippen molar-refractivity contribution in [3.05, 3.63) is 72.9 Å². The van der Waals surface area contributed by atoms with Crippen LogP contribution in [-0.4, -0.2) is 36.5 Å². The van der Waals surface area contributed by atoms with Crippen LogP contribution in [0.25, 0.3) is 0 Å². The van der Waals surface area contributed by atoms with Gasteiger partial charge >= 0.3 is 5.97 Å². The SMILES string of the molecule is CC/C=C\C/C=C\C/C=C\C/C=C\C/C=C\C/C=C\CC(C(=O)OCC)N(C)C(=N)N. The molecule has 0 bridgehead atoms. The second kappa shape index (κ2) is 20.5. The molecule has 0 saturated heterocycles. The van der Waals surface area contributed by atoms with Crippen molar-refractivity contribution in [3.8, 4) is 0 Å². The molecule has 0 aromatic carbocycles. The number of nitrogens with zero attached hydrogens (tertiary/aromatic N) is 1. The van der Waals surface area contributed by atoms with Gasteiger partial charge in [0.25, 0.3) is 0 Å². The molecule has 0 amide bonds. The molecule has 1 atom stereocenters. The number of nitrogens with one attached hydrogen (secondary N) is 1. The van der Waals surface area contributed by atoms with E-state index in [0.29, 0.717) is 13.0 Å². The monoisotopic (exact) mass is 427 g/mol. The highest BCUT2D eigenvalue weighted by molar-refractivity contribution is 5.83. The number of allylic oxidation sites excluding steroid dienone is 11. The fraction of sp³-hybridized carbons (Fsp3) is 0.462. The lowest BCUT2D eigenvalue weighted by molar-refractivity contribution is -0.147. The fourth-order valence-corrected chi connectivity index (χ4v) is 2.57. The molecule has 172 valence electrons. The van der Waals surface area contributed by atoms with Crippen molar-refractivity contribution in [2.75, 3.05) is 13.7 Å². The number of hydrogen-bond donors (Lipinski definition) is 2. The lowest BCUT2D eigenvalue weighted by Gasteiger charge is -2.25. The number of carbonyl (C=O) groups excluding carboxylic acids is 1. The summed E-state index contributed by atoms with van der Waals surface area (Å²) in [5.74, 6) is -0.510. The molecule has 0 rings (SSSR count). The maximum atomic E-state index is 12.0. The summed E-state index contributed by atoms with van der Waals surface area (Å²) in [6, 6.07) is -0.568. The Kier molecular flexibility index (Phi) is 18.6. The Hall–Kier alpha value is -2.82. The van der Waals surface area contributed by atoms with E-state index in [9.17, 15) is 4.79 Å². The summed E-state index contributed by atoms with van der Waals surface area (Å²) in [6.07, 6.45) is 31.9. The average molecular weight is 428 g/mol. The number of ether oxygens (including phenoxy) is 1. The van der Waals surface area contributed by atoms with Crippen LogP contribution in [0.1, 0.15) is 58.8 Å². The van der Waals surface area contributed by atoms with Crippen LogP contribution in [0, 0.1) is 5.41 Å². The molecule has 0 aliphatic heterocycles. The van der Waals surface area contributed by atoms with Crippen LogP contribution in [-0.2, 0) is 9.53 Å². The van der Waals surface area contributed by atoms with Gasteiger partial charge in [-0.05, 0) is 51.9 Å². The van der Waals surface area contributed by atoms with Gasteiger partial charge in [0, 0.05) is 7.05 Å². The van der Waals surface area contributed by atoms with E-state index >= 15 is 0 Å². The first-order valence-corrected chi connectivity index (χ1v) is 11.2. The lowest BCUT2D eigenvalue weighted by atomic mass is 10.1. The summed E-state index contributed by atoms with van der Waals surface area (Å²) in [5, 5.41) is 7.51. The number of carbonyl (C=O) groups is 1. The van der Waals surface area contributed by atoms with Crippen LogP contribution in [0.4, 0.5) is 0 Å². The van der Waals surface area contributed by atoms with E-state index in [4.69, 9.17) is 15.9 Å². The third-order valence-corrected chi connectivity index (χ3v) is 4.36. The minimum atomic E-state index is -0.568. The highest BCUT2D eigenvalue weighted by atomic mass is 16.5. The molecule has 0 heterocycles. The third-order valence-electron chi connectivity index (χ3n) is 4.36. The predicted molar refractivity (Wildman–Crippen MR) is 133 cm³/mol. The zero-order chi connectivity index (χ0) is 23.2. The number of hydrogen-bond acceptors (Lipinski definition) is 3. The summed E-state index contributed by atoms with van der Waals surface area (Å²) < 4.78 is 5.06. The Morgan fingerprint density at radius 1 is 0.806 bits per heavy atom. The maximum absolute atomic E-state index is 12.0. The van der Waals surface area contributed by atoms with Crippen LogP contribution in [0.15, 0.2) is 72.9 Å². The van der Waals surface area contributed by atoms with E-state index < -0.39 is 6.04 Å². The van der Waals surface area contributed by atoms with Crippen LogP contribution in [0.5, 0.6) is 0 Å². The second-order valence-corrected chi connectivity index (χ2v) is 6.91. The van der Waals surface area contributed by atoms with Crippen molar-refractivity contribution >= 4 is 11.9 Å². The number of esters is 1. The Balaban J connectivity index is 4.03. The summed E-state index contributed by atoms with van der Waals surface area (Å²) in [5.41, 5.74) is 5.49. The molecule has 31 heavy (non-hydrogen) atoms. The summed E-state index contributed by atoms with van der Waals surface area (Å²) in [4.78, 5) is 13.4. The van der Waals surface area contributed by atoms with Crippen molar-refractivity contribution in [1.82, 2.24) is 4.90 Å². The maximum Gasteiger partial charge on any atom is 0.329 e. The molecule has 0 radical (unpaired) electrons. The topological polar surface area (TPSA) is 79.4 Å². The van der Waals surface area contributed by atoms with Gasteiger partial charge in [0.2, 0.25) is 0 Å². The van der Waals surface area contributed by atoms with E-state index in [1.54, 1.807) is 14.0 Å². The zero-order valence-corrected chi connectivity index (χ0v) is 19.5. The smallest absolute Gasteiger partial charge is 0.329 e. The molecule has 1 unspecified atom stereocenters. The van der Waals surface area contributed by atoms with Crippen LogP contribution in [0.3, 0.4) is 0 Å². The van der Waals surface area contributed by atoms with Crippen molar-refractivity contribution in [3.63, 3.8) is 0 Å². The molecule has 0 fully saturated rings. The normalized spacial score (nSPS) is 13.5. The van der Waals surface area contributed by atoms with E-state index in [-0.39, 0.29) is 11.9 Å². The first-order chi connectivity index (χ1) is 15.0. The Morgan fingerprint density at radius 3 is 1.55 bits per heavy atom. The molecule has 5 nitrogen and oxygen atoms in total. The number of rotatable bonds is 16. The van der Waals surface area contributed by atoms with Gasteiger partial charge in [-0.2, -0.15) is 0 Å². The van der Waals surface area contributed by atoms with Crippen LogP contribution < -0.4 is 5.73 Å². The van der Waals surface area contributed by atoms with E-state index in [1.165, 1.54) is 4.90 Å². The third kappa shape index (κ3) is 16.6. The Labute approximate surface area is 189 Å². The fourth-order valence-electron chi connectivity index (χ4n) is 2.57. The van der Waals surface area contributed by atoms with Gasteiger partial charge in [-0.1, -0.05) is 79.8 Å². The standard InChI is InChI=1S/C26H41N3O2/c1-4-6-7-8-9-10-11-12-13-14-15-16-17-18-19-20-21-22-23-24(25(30)31-5-2)29(3)26(27)28/h6-7,9-10,12-13,15-16,18-19,21-22,24H,4-5,8,11,14,17,20,23H2,1-3H3,(H3,27,28)/b7-6-,10-9-,13-12-,16-15-,19-18-,22-21-. The summed E-state index contributed by atoms with van der Waals surface area (Å²) >= 11 is 0. The lowest BCUT2D eigenvalue weighted by Crippen LogP contribution is -2.46. The van der Waals surface area contributed by atoms with Gasteiger partial charge < -0.3 is 15.4 Å². The molecule has 0 aliphatic rings. The molecule has 0 aliphatic carbocycles. The van der Waals surface area contributed by atoms with Crippen molar-refractivity contribution in [2.45, 2.75) is 64.8 Å². The van der Waals surface area contributed by atoms with Gasteiger partial charge in [-0.3, -0.25) is 5.41 Å². The van der Waals surface area contributed by atoms with Gasteiger partial charge in [-0.25, -0.2) is 4.79 Å².